The maximum atomic E-state index is 13.3. The first kappa shape index (κ1) is 31.2. The molecule has 0 spiro atoms. The van der Waals surface area contributed by atoms with Gasteiger partial charge in [0.25, 0.3) is 0 Å². The number of primary amides is 1. The number of aromatic nitrogens is 1. The molecule has 16 nitrogen and oxygen atoms in total. The van der Waals surface area contributed by atoms with E-state index in [1.807, 2.05) is 5.32 Å². The molecule has 1 aromatic heterocycles. The van der Waals surface area contributed by atoms with Crippen molar-refractivity contribution >= 4 is 52.4 Å². The highest BCUT2D eigenvalue weighted by atomic mass is 16.4. The Labute approximate surface area is 226 Å². The van der Waals surface area contributed by atoms with E-state index >= 15 is 0 Å². The second-order valence-electron chi connectivity index (χ2n) is 8.89. The highest BCUT2D eigenvalue weighted by Gasteiger charge is 2.32. The van der Waals surface area contributed by atoms with E-state index in [1.54, 1.807) is 30.5 Å². The molecular weight excluding hydrogens is 532 g/mol. The van der Waals surface area contributed by atoms with Crippen molar-refractivity contribution in [2.24, 2.45) is 11.5 Å². The number of H-pyrrole nitrogens is 1. The smallest absolute Gasteiger partial charge is 0.326 e. The molecule has 40 heavy (non-hydrogen) atoms. The molecule has 0 saturated heterocycles. The highest BCUT2D eigenvalue weighted by molar-refractivity contribution is 5.97. The van der Waals surface area contributed by atoms with Crippen LogP contribution in [0.4, 0.5) is 0 Å². The number of hydrogen-bond acceptors (Lipinski definition) is 8. The molecule has 216 valence electrons. The van der Waals surface area contributed by atoms with E-state index in [0.29, 0.717) is 10.9 Å². The standard InChI is InChI=1S/C24H30N6O10/c25-13(8-18(26)31)21(36)29-16(7-11-10-27-14-4-2-1-3-12(11)14)22(37)30-17(9-20(34)35)23(38)28-15(24(39)40)5-6-19(32)33/h1-4,10,13,15-17,27H,5-9,25H2,(H2,26,31)(H,28,38)(H,29,36)(H,30,37)(H,32,33)(H,34,35)(H,39,40). The summed E-state index contributed by atoms with van der Waals surface area (Å²) in [4.78, 5) is 86.5. The minimum absolute atomic E-state index is 0.150. The Morgan fingerprint density at radius 3 is 2.00 bits per heavy atom. The molecule has 1 aromatic carbocycles. The van der Waals surface area contributed by atoms with Gasteiger partial charge in [-0.15, -0.1) is 0 Å². The monoisotopic (exact) mass is 562 g/mol. The zero-order valence-electron chi connectivity index (χ0n) is 21.1. The van der Waals surface area contributed by atoms with Gasteiger partial charge in [0, 0.05) is 29.9 Å². The topological polar surface area (TPSA) is 284 Å². The van der Waals surface area contributed by atoms with Crippen LogP contribution < -0.4 is 27.4 Å². The van der Waals surface area contributed by atoms with Gasteiger partial charge in [-0.05, 0) is 18.1 Å². The molecule has 4 atom stereocenters. The third-order valence-electron chi connectivity index (χ3n) is 5.76. The molecule has 2 rings (SSSR count). The summed E-state index contributed by atoms with van der Waals surface area (Å²) in [5.74, 6) is -8.39. The zero-order chi connectivity index (χ0) is 30.0. The quantitative estimate of drug-likeness (QED) is 0.106. The second-order valence-corrected chi connectivity index (χ2v) is 8.89. The fraction of sp³-hybridized carbons (Fsp3) is 0.375. The molecular formula is C24H30N6O10. The summed E-state index contributed by atoms with van der Waals surface area (Å²) >= 11 is 0. The summed E-state index contributed by atoms with van der Waals surface area (Å²) in [7, 11) is 0. The van der Waals surface area contributed by atoms with Gasteiger partial charge in [0.2, 0.25) is 23.6 Å². The molecule has 0 aliphatic carbocycles. The summed E-state index contributed by atoms with van der Waals surface area (Å²) in [5, 5.41) is 34.7. The number of carbonyl (C=O) groups is 7. The number of amides is 4. The highest BCUT2D eigenvalue weighted by Crippen LogP contribution is 2.19. The van der Waals surface area contributed by atoms with Gasteiger partial charge in [-0.1, -0.05) is 18.2 Å². The normalized spacial score (nSPS) is 13.8. The van der Waals surface area contributed by atoms with Crippen LogP contribution in [0.25, 0.3) is 10.9 Å². The van der Waals surface area contributed by atoms with Crippen molar-refractivity contribution in [1.82, 2.24) is 20.9 Å². The van der Waals surface area contributed by atoms with Crippen LogP contribution in [0, 0.1) is 0 Å². The predicted molar refractivity (Wildman–Crippen MR) is 136 cm³/mol. The summed E-state index contributed by atoms with van der Waals surface area (Å²) in [6.45, 7) is 0. The van der Waals surface area contributed by atoms with Gasteiger partial charge in [-0.2, -0.15) is 0 Å². The Morgan fingerprint density at radius 2 is 1.40 bits per heavy atom. The fourth-order valence-corrected chi connectivity index (χ4v) is 3.77. The molecule has 4 amide bonds. The predicted octanol–water partition coefficient (Wildman–Crippen LogP) is -2.21. The number of carboxylic acids is 3. The number of nitrogens with one attached hydrogen (secondary N) is 4. The van der Waals surface area contributed by atoms with Gasteiger partial charge in [0.1, 0.15) is 18.1 Å². The van der Waals surface area contributed by atoms with Crippen molar-refractivity contribution in [3.05, 3.63) is 36.0 Å². The van der Waals surface area contributed by atoms with Gasteiger partial charge in [0.15, 0.2) is 0 Å². The molecule has 11 N–H and O–H groups in total. The molecule has 0 saturated carbocycles. The first-order valence-electron chi connectivity index (χ1n) is 11.9. The summed E-state index contributed by atoms with van der Waals surface area (Å²) < 4.78 is 0. The Balaban J connectivity index is 2.30. The van der Waals surface area contributed by atoms with Crippen LogP contribution in [0.3, 0.4) is 0 Å². The van der Waals surface area contributed by atoms with Gasteiger partial charge in [0.05, 0.1) is 18.9 Å². The molecule has 0 radical (unpaired) electrons. The van der Waals surface area contributed by atoms with Crippen molar-refractivity contribution in [2.45, 2.75) is 56.3 Å². The van der Waals surface area contributed by atoms with Crippen molar-refractivity contribution in [3.63, 3.8) is 0 Å². The number of aromatic amines is 1. The number of rotatable bonds is 16. The Morgan fingerprint density at radius 1 is 0.800 bits per heavy atom. The zero-order valence-corrected chi connectivity index (χ0v) is 21.1. The number of aliphatic carboxylic acids is 3. The van der Waals surface area contributed by atoms with Crippen LogP contribution in [-0.4, -0.2) is 86.0 Å². The number of nitrogens with two attached hydrogens (primary N) is 2. The van der Waals surface area contributed by atoms with Crippen molar-refractivity contribution < 1.29 is 48.9 Å². The minimum Gasteiger partial charge on any atom is -0.481 e. The Kier molecular flexibility index (Phi) is 11.1. The number of carbonyl (C=O) groups excluding carboxylic acids is 4. The van der Waals surface area contributed by atoms with E-state index in [0.717, 1.165) is 5.52 Å². The average molecular weight is 563 g/mol. The first-order chi connectivity index (χ1) is 18.8. The SMILES string of the molecule is NC(=O)CC(N)C(=O)NC(Cc1c[nH]c2ccccc12)C(=O)NC(CC(=O)O)C(=O)NC(CCC(=O)O)C(=O)O. The van der Waals surface area contributed by atoms with Crippen molar-refractivity contribution in [1.29, 1.82) is 0 Å². The van der Waals surface area contributed by atoms with Gasteiger partial charge in [-0.3, -0.25) is 28.8 Å². The van der Waals surface area contributed by atoms with Crippen molar-refractivity contribution in [3.8, 4) is 0 Å². The minimum atomic E-state index is -1.79. The van der Waals surface area contributed by atoms with Crippen LogP contribution in [0.15, 0.2) is 30.5 Å². The second kappa shape index (κ2) is 14.2. The van der Waals surface area contributed by atoms with Crippen molar-refractivity contribution in [2.75, 3.05) is 0 Å². The van der Waals surface area contributed by atoms with Crippen LogP contribution in [0.2, 0.25) is 0 Å². The number of hydrogen-bond donors (Lipinski definition) is 9. The van der Waals surface area contributed by atoms with E-state index in [1.165, 1.54) is 0 Å². The lowest BCUT2D eigenvalue weighted by atomic mass is 10.0. The van der Waals surface area contributed by atoms with Gasteiger partial charge in [-0.25, -0.2) is 4.79 Å². The molecule has 4 unspecified atom stereocenters. The van der Waals surface area contributed by atoms with Crippen LogP contribution >= 0.6 is 0 Å². The van der Waals surface area contributed by atoms with Gasteiger partial charge < -0.3 is 47.7 Å². The maximum Gasteiger partial charge on any atom is 0.326 e. The number of benzene rings is 1. The average Bonchev–Trinajstić information content (AvgIpc) is 3.27. The van der Waals surface area contributed by atoms with Crippen LogP contribution in [-0.2, 0) is 40.0 Å². The molecule has 0 bridgehead atoms. The Hall–Kier alpha value is -4.99. The van der Waals surface area contributed by atoms with E-state index in [-0.39, 0.29) is 6.42 Å². The molecule has 0 aliphatic rings. The maximum absolute atomic E-state index is 13.3. The van der Waals surface area contributed by atoms with Crippen LogP contribution in [0.5, 0.6) is 0 Å². The van der Waals surface area contributed by atoms with E-state index < -0.39 is 91.4 Å². The van der Waals surface area contributed by atoms with E-state index in [9.17, 15) is 43.8 Å². The number of carboxylic acid groups (broad SMARTS) is 3. The van der Waals surface area contributed by atoms with Crippen LogP contribution in [0.1, 0.15) is 31.2 Å². The van der Waals surface area contributed by atoms with E-state index in [4.69, 9.17) is 16.6 Å². The molecule has 1 heterocycles. The fourth-order valence-electron chi connectivity index (χ4n) is 3.77. The molecule has 0 fully saturated rings. The third kappa shape index (κ3) is 9.39. The number of fused-ring (bicyclic) bond motifs is 1. The molecule has 2 aromatic rings. The van der Waals surface area contributed by atoms with E-state index in [2.05, 4.69) is 15.6 Å². The van der Waals surface area contributed by atoms with Gasteiger partial charge >= 0.3 is 17.9 Å². The lowest BCUT2D eigenvalue weighted by Crippen LogP contribution is -2.58. The first-order valence-corrected chi connectivity index (χ1v) is 11.9. The summed E-state index contributed by atoms with van der Waals surface area (Å²) in [6.07, 6.45) is -1.15. The third-order valence-corrected chi connectivity index (χ3v) is 5.76. The Bertz CT molecular complexity index is 1290. The summed E-state index contributed by atoms with van der Waals surface area (Å²) in [6, 6.07) is 0.742. The number of para-hydroxylation sites is 1. The molecule has 16 heteroatoms. The molecule has 0 aliphatic heterocycles. The lowest BCUT2D eigenvalue weighted by Gasteiger charge is -2.24. The summed E-state index contributed by atoms with van der Waals surface area (Å²) in [5.41, 5.74) is 12.1. The lowest BCUT2D eigenvalue weighted by molar-refractivity contribution is -0.144. The largest absolute Gasteiger partial charge is 0.481 e.